The van der Waals surface area contributed by atoms with Crippen LogP contribution in [0.25, 0.3) is 0 Å². The van der Waals surface area contributed by atoms with Gasteiger partial charge < -0.3 is 9.72 Å². The van der Waals surface area contributed by atoms with Gasteiger partial charge in [-0.15, -0.1) is 0 Å². The Balaban J connectivity index is 2.47. The van der Waals surface area contributed by atoms with Crippen molar-refractivity contribution in [1.82, 2.24) is 9.97 Å². The van der Waals surface area contributed by atoms with Crippen LogP contribution in [0.4, 0.5) is 0 Å². The van der Waals surface area contributed by atoms with Crippen molar-refractivity contribution in [2.75, 3.05) is 7.11 Å². The van der Waals surface area contributed by atoms with E-state index >= 15 is 0 Å². The summed E-state index contributed by atoms with van der Waals surface area (Å²) in [5.41, 5.74) is 1.11. The number of aryl methyl sites for hydroxylation is 2. The lowest BCUT2D eigenvalue weighted by Gasteiger charge is -2.07. The highest BCUT2D eigenvalue weighted by molar-refractivity contribution is 7.71. The summed E-state index contributed by atoms with van der Waals surface area (Å²) < 4.78 is 5.05. The van der Waals surface area contributed by atoms with E-state index in [0.29, 0.717) is 10.2 Å². The highest BCUT2D eigenvalue weighted by Crippen LogP contribution is 2.12. The standard InChI is InChI=1S/C16H26N2O2S/c1-4-5-6-7-8-9-10-11-13-17-12(2)14(15(21)18-13)16(19)20-3/h4-11H2,1-3H3,(H,17,18,21). The van der Waals surface area contributed by atoms with Crippen molar-refractivity contribution in [1.29, 1.82) is 0 Å². The molecule has 0 amide bonds. The minimum Gasteiger partial charge on any atom is -0.465 e. The summed E-state index contributed by atoms with van der Waals surface area (Å²) in [6.07, 6.45) is 9.74. The molecule has 0 aromatic carbocycles. The molecule has 1 aromatic heterocycles. The van der Waals surface area contributed by atoms with Gasteiger partial charge in [-0.1, -0.05) is 57.7 Å². The Morgan fingerprint density at radius 3 is 2.38 bits per heavy atom. The lowest BCUT2D eigenvalue weighted by Crippen LogP contribution is -2.10. The number of H-pyrrole nitrogens is 1. The fourth-order valence-electron chi connectivity index (χ4n) is 2.36. The summed E-state index contributed by atoms with van der Waals surface area (Å²) in [6.45, 7) is 4.06. The maximum Gasteiger partial charge on any atom is 0.342 e. The van der Waals surface area contributed by atoms with Crippen LogP contribution >= 0.6 is 12.2 Å². The average molecular weight is 310 g/mol. The molecule has 5 heteroatoms. The van der Waals surface area contributed by atoms with Gasteiger partial charge in [0.15, 0.2) is 0 Å². The summed E-state index contributed by atoms with van der Waals surface area (Å²) in [7, 11) is 1.35. The monoisotopic (exact) mass is 310 g/mol. The van der Waals surface area contributed by atoms with Crippen LogP contribution in [0.15, 0.2) is 0 Å². The van der Waals surface area contributed by atoms with E-state index in [-0.39, 0.29) is 0 Å². The van der Waals surface area contributed by atoms with Crippen molar-refractivity contribution in [2.45, 2.75) is 65.2 Å². The molecule has 0 bridgehead atoms. The first-order valence-electron chi connectivity index (χ1n) is 7.78. The number of esters is 1. The minimum atomic E-state index is -0.427. The molecule has 118 valence electrons. The molecule has 0 atom stereocenters. The van der Waals surface area contributed by atoms with E-state index in [1.807, 2.05) is 6.92 Å². The summed E-state index contributed by atoms with van der Waals surface area (Å²) >= 11 is 5.19. The predicted octanol–water partition coefficient (Wildman–Crippen LogP) is 4.53. The summed E-state index contributed by atoms with van der Waals surface area (Å²) in [5.74, 6) is 0.433. The van der Waals surface area contributed by atoms with Gasteiger partial charge in [-0.2, -0.15) is 0 Å². The number of aromatic amines is 1. The lowest BCUT2D eigenvalue weighted by atomic mass is 10.1. The fourth-order valence-corrected chi connectivity index (χ4v) is 2.70. The third-order valence-electron chi connectivity index (χ3n) is 3.56. The van der Waals surface area contributed by atoms with Gasteiger partial charge in [0.1, 0.15) is 16.0 Å². The molecular formula is C16H26N2O2S. The fraction of sp³-hybridized carbons (Fsp3) is 0.688. The normalized spacial score (nSPS) is 10.6. The number of hydrogen-bond donors (Lipinski definition) is 1. The van der Waals surface area contributed by atoms with Crippen molar-refractivity contribution in [3.05, 3.63) is 21.7 Å². The summed E-state index contributed by atoms with van der Waals surface area (Å²) in [6, 6.07) is 0. The summed E-state index contributed by atoms with van der Waals surface area (Å²) in [5, 5.41) is 0. The van der Waals surface area contributed by atoms with Crippen LogP contribution in [0, 0.1) is 11.6 Å². The van der Waals surface area contributed by atoms with Gasteiger partial charge in [-0.05, 0) is 13.3 Å². The number of nitrogens with one attached hydrogen (secondary N) is 1. The van der Waals surface area contributed by atoms with Gasteiger partial charge in [0, 0.05) is 12.1 Å². The number of carbonyl (C=O) groups excluding carboxylic acids is 1. The van der Waals surface area contributed by atoms with Crippen LogP contribution in [0.1, 0.15) is 73.7 Å². The average Bonchev–Trinajstić information content (AvgIpc) is 2.45. The van der Waals surface area contributed by atoms with Crippen molar-refractivity contribution < 1.29 is 9.53 Å². The second-order valence-electron chi connectivity index (χ2n) is 5.35. The Morgan fingerprint density at radius 1 is 1.19 bits per heavy atom. The molecule has 0 saturated heterocycles. The minimum absolute atomic E-state index is 0.330. The van der Waals surface area contributed by atoms with E-state index in [2.05, 4.69) is 16.9 Å². The number of nitrogens with zero attached hydrogens (tertiary/aromatic N) is 1. The van der Waals surface area contributed by atoms with Gasteiger partial charge in [0.2, 0.25) is 0 Å². The molecule has 0 radical (unpaired) electrons. The quantitative estimate of drug-likeness (QED) is 0.414. The molecule has 0 saturated carbocycles. The molecule has 21 heavy (non-hydrogen) atoms. The molecule has 0 fully saturated rings. The number of unbranched alkanes of at least 4 members (excludes halogenated alkanes) is 6. The van der Waals surface area contributed by atoms with Crippen LogP contribution < -0.4 is 0 Å². The van der Waals surface area contributed by atoms with Crippen LogP contribution in [-0.2, 0) is 11.2 Å². The van der Waals surface area contributed by atoms with Crippen molar-refractivity contribution in [3.8, 4) is 0 Å². The Labute approximate surface area is 132 Å². The van der Waals surface area contributed by atoms with Gasteiger partial charge in [0.05, 0.1) is 7.11 Å². The van der Waals surface area contributed by atoms with Crippen molar-refractivity contribution in [2.24, 2.45) is 0 Å². The second-order valence-corrected chi connectivity index (χ2v) is 5.74. The van der Waals surface area contributed by atoms with E-state index in [0.717, 1.165) is 24.4 Å². The molecule has 0 aliphatic heterocycles. The Bertz CT molecular complexity index is 511. The highest BCUT2D eigenvalue weighted by atomic mass is 32.1. The zero-order chi connectivity index (χ0) is 15.7. The smallest absolute Gasteiger partial charge is 0.342 e. The molecule has 0 aliphatic carbocycles. The topological polar surface area (TPSA) is 55.0 Å². The van der Waals surface area contributed by atoms with Crippen molar-refractivity contribution in [3.63, 3.8) is 0 Å². The van der Waals surface area contributed by atoms with E-state index in [4.69, 9.17) is 17.0 Å². The first-order valence-corrected chi connectivity index (χ1v) is 8.19. The van der Waals surface area contributed by atoms with E-state index in [9.17, 15) is 4.79 Å². The third kappa shape index (κ3) is 5.96. The van der Waals surface area contributed by atoms with E-state index in [1.165, 1.54) is 45.6 Å². The van der Waals surface area contributed by atoms with Crippen LogP contribution in [0.3, 0.4) is 0 Å². The molecule has 1 N–H and O–H groups in total. The van der Waals surface area contributed by atoms with Gasteiger partial charge >= 0.3 is 5.97 Å². The number of methoxy groups -OCH3 is 1. The summed E-state index contributed by atoms with van der Waals surface area (Å²) in [4.78, 5) is 19.1. The van der Waals surface area contributed by atoms with Gasteiger partial charge in [-0.3, -0.25) is 0 Å². The molecule has 0 unspecified atom stereocenters. The van der Waals surface area contributed by atoms with E-state index in [1.54, 1.807) is 0 Å². The number of hydrogen-bond acceptors (Lipinski definition) is 4. The molecule has 1 rings (SSSR count). The SMILES string of the molecule is CCCCCCCCCc1nc(=S)c(C(=O)OC)c(C)[nH]1. The van der Waals surface area contributed by atoms with Gasteiger partial charge in [-0.25, -0.2) is 9.78 Å². The molecule has 0 spiro atoms. The first kappa shape index (κ1) is 17.8. The zero-order valence-corrected chi connectivity index (χ0v) is 14.1. The largest absolute Gasteiger partial charge is 0.465 e. The molecular weight excluding hydrogens is 284 g/mol. The number of carbonyl (C=O) groups is 1. The predicted molar refractivity (Wildman–Crippen MR) is 87.2 cm³/mol. The Hall–Kier alpha value is -1.23. The van der Waals surface area contributed by atoms with Crippen LogP contribution in [0.5, 0.6) is 0 Å². The maximum atomic E-state index is 11.6. The Morgan fingerprint density at radius 2 is 1.81 bits per heavy atom. The number of rotatable bonds is 9. The zero-order valence-electron chi connectivity index (χ0n) is 13.3. The van der Waals surface area contributed by atoms with Crippen LogP contribution in [-0.4, -0.2) is 23.0 Å². The lowest BCUT2D eigenvalue weighted by molar-refractivity contribution is 0.0598. The van der Waals surface area contributed by atoms with Crippen molar-refractivity contribution >= 4 is 18.2 Å². The molecule has 1 aromatic rings. The number of aromatic nitrogens is 2. The number of ether oxygens (including phenoxy) is 1. The second kappa shape index (κ2) is 9.66. The molecule has 1 heterocycles. The molecule has 0 aliphatic rings. The van der Waals surface area contributed by atoms with Gasteiger partial charge in [0.25, 0.3) is 0 Å². The third-order valence-corrected chi connectivity index (χ3v) is 3.86. The highest BCUT2D eigenvalue weighted by Gasteiger charge is 2.13. The van der Waals surface area contributed by atoms with E-state index < -0.39 is 5.97 Å². The van der Waals surface area contributed by atoms with Crippen LogP contribution in [0.2, 0.25) is 0 Å². The molecule has 4 nitrogen and oxygen atoms in total. The maximum absolute atomic E-state index is 11.6. The Kier molecular flexibility index (Phi) is 8.20. The first-order chi connectivity index (χ1) is 10.1.